The Morgan fingerprint density at radius 1 is 1.04 bits per heavy atom. The van der Waals surface area contributed by atoms with Gasteiger partial charge in [-0.2, -0.15) is 13.2 Å². The molecule has 0 aliphatic rings. The summed E-state index contributed by atoms with van der Waals surface area (Å²) < 4.78 is 41.2. The number of hydrazine groups is 1. The molecule has 2 rings (SSSR count). The van der Waals surface area contributed by atoms with Gasteiger partial charge in [0.2, 0.25) is 5.88 Å². The molecule has 0 bridgehead atoms. The Balaban J connectivity index is 2.04. The van der Waals surface area contributed by atoms with Gasteiger partial charge in [0.25, 0.3) is 11.8 Å². The van der Waals surface area contributed by atoms with Gasteiger partial charge in [0.05, 0.1) is 10.6 Å². The van der Waals surface area contributed by atoms with Gasteiger partial charge in [0.15, 0.2) is 6.61 Å². The number of hydrogen-bond acceptors (Lipinski definition) is 4. The van der Waals surface area contributed by atoms with E-state index in [-0.39, 0.29) is 16.1 Å². The van der Waals surface area contributed by atoms with Crippen molar-refractivity contribution in [2.45, 2.75) is 6.18 Å². The standard InChI is InChI=1S/C15H11ClF3N3O3/c16-11-6-2-1-4-9(11)12(23)21-22-13(24)10-5-3-7-20-14(10)25-8-15(17,18)19/h1-7H,8H2,(H,21,23)(H,22,24). The van der Waals surface area contributed by atoms with Crippen LogP contribution in [-0.2, 0) is 0 Å². The highest BCUT2D eigenvalue weighted by Crippen LogP contribution is 2.20. The van der Waals surface area contributed by atoms with Crippen LogP contribution < -0.4 is 15.6 Å². The number of nitrogens with one attached hydrogen (secondary N) is 2. The molecule has 0 aliphatic carbocycles. The van der Waals surface area contributed by atoms with Gasteiger partial charge in [-0.25, -0.2) is 4.98 Å². The zero-order valence-corrected chi connectivity index (χ0v) is 13.2. The minimum atomic E-state index is -4.58. The number of ether oxygens (including phenoxy) is 1. The predicted molar refractivity (Wildman–Crippen MR) is 82.2 cm³/mol. The third-order valence-corrected chi connectivity index (χ3v) is 3.13. The van der Waals surface area contributed by atoms with Crippen LogP contribution in [0, 0.1) is 0 Å². The van der Waals surface area contributed by atoms with E-state index in [0.717, 1.165) is 0 Å². The highest BCUT2D eigenvalue weighted by atomic mass is 35.5. The molecular formula is C15H11ClF3N3O3. The molecule has 0 radical (unpaired) electrons. The average Bonchev–Trinajstić information content (AvgIpc) is 2.57. The average molecular weight is 374 g/mol. The van der Waals surface area contributed by atoms with Gasteiger partial charge in [-0.15, -0.1) is 0 Å². The van der Waals surface area contributed by atoms with E-state index >= 15 is 0 Å². The summed E-state index contributed by atoms with van der Waals surface area (Å²) in [6.45, 7) is -1.60. The van der Waals surface area contributed by atoms with Crippen molar-refractivity contribution in [2.24, 2.45) is 0 Å². The van der Waals surface area contributed by atoms with Gasteiger partial charge < -0.3 is 4.74 Å². The van der Waals surface area contributed by atoms with Crippen molar-refractivity contribution >= 4 is 23.4 Å². The fraction of sp³-hybridized carbons (Fsp3) is 0.133. The van der Waals surface area contributed by atoms with Crippen LogP contribution in [0.25, 0.3) is 0 Å². The molecule has 132 valence electrons. The van der Waals surface area contributed by atoms with Crippen molar-refractivity contribution in [3.8, 4) is 5.88 Å². The zero-order chi connectivity index (χ0) is 18.4. The van der Waals surface area contributed by atoms with E-state index in [1.807, 2.05) is 0 Å². The topological polar surface area (TPSA) is 80.3 Å². The van der Waals surface area contributed by atoms with Gasteiger partial charge in [-0.3, -0.25) is 20.4 Å². The van der Waals surface area contributed by atoms with Crippen LogP contribution in [-0.4, -0.2) is 29.6 Å². The number of carbonyl (C=O) groups is 2. The highest BCUT2D eigenvalue weighted by molar-refractivity contribution is 6.33. The summed E-state index contributed by atoms with van der Waals surface area (Å²) in [5.74, 6) is -2.10. The first kappa shape index (κ1) is 18.5. The predicted octanol–water partition coefficient (Wildman–Crippen LogP) is 2.75. The molecule has 10 heteroatoms. The molecule has 0 saturated carbocycles. The van der Waals surface area contributed by atoms with E-state index in [1.54, 1.807) is 12.1 Å². The van der Waals surface area contributed by atoms with Crippen molar-refractivity contribution in [3.05, 3.63) is 58.7 Å². The normalized spacial score (nSPS) is 10.9. The molecule has 0 atom stereocenters. The van der Waals surface area contributed by atoms with Crippen LogP contribution in [0.3, 0.4) is 0 Å². The fourth-order valence-electron chi connectivity index (χ4n) is 1.72. The van der Waals surface area contributed by atoms with Gasteiger partial charge in [0, 0.05) is 6.20 Å². The van der Waals surface area contributed by atoms with E-state index < -0.39 is 30.5 Å². The lowest BCUT2D eigenvalue weighted by molar-refractivity contribution is -0.154. The third kappa shape index (κ3) is 5.35. The maximum Gasteiger partial charge on any atom is 0.422 e. The Labute approximate surface area is 144 Å². The lowest BCUT2D eigenvalue weighted by Crippen LogP contribution is -2.42. The number of hydrogen-bond donors (Lipinski definition) is 2. The molecule has 25 heavy (non-hydrogen) atoms. The number of carbonyl (C=O) groups excluding carboxylic acids is 2. The Kier molecular flexibility index (Phi) is 5.81. The zero-order valence-electron chi connectivity index (χ0n) is 12.4. The molecule has 2 amide bonds. The maximum atomic E-state index is 12.2. The molecule has 0 aliphatic heterocycles. The van der Waals surface area contributed by atoms with Crippen molar-refractivity contribution in [3.63, 3.8) is 0 Å². The molecular weight excluding hydrogens is 363 g/mol. The van der Waals surface area contributed by atoms with E-state index in [4.69, 9.17) is 11.6 Å². The Morgan fingerprint density at radius 2 is 1.64 bits per heavy atom. The van der Waals surface area contributed by atoms with Crippen LogP contribution in [0.4, 0.5) is 13.2 Å². The monoisotopic (exact) mass is 373 g/mol. The highest BCUT2D eigenvalue weighted by Gasteiger charge is 2.29. The van der Waals surface area contributed by atoms with Crippen LogP contribution in [0.1, 0.15) is 20.7 Å². The molecule has 0 unspecified atom stereocenters. The van der Waals surface area contributed by atoms with Crippen molar-refractivity contribution in [2.75, 3.05) is 6.61 Å². The van der Waals surface area contributed by atoms with E-state index in [1.165, 1.54) is 30.5 Å². The summed E-state index contributed by atoms with van der Waals surface area (Å²) in [6, 6.07) is 8.67. The molecule has 2 N–H and O–H groups in total. The maximum absolute atomic E-state index is 12.2. The first-order valence-electron chi connectivity index (χ1n) is 6.78. The minimum Gasteiger partial charge on any atom is -0.467 e. The van der Waals surface area contributed by atoms with E-state index in [0.29, 0.717) is 0 Å². The van der Waals surface area contributed by atoms with Crippen LogP contribution >= 0.6 is 11.6 Å². The first-order valence-corrected chi connectivity index (χ1v) is 7.15. The summed E-state index contributed by atoms with van der Waals surface area (Å²) in [5.41, 5.74) is 4.02. The first-order chi connectivity index (χ1) is 11.8. The summed E-state index contributed by atoms with van der Waals surface area (Å²) >= 11 is 5.85. The van der Waals surface area contributed by atoms with Crippen molar-refractivity contribution < 1.29 is 27.5 Å². The smallest absolute Gasteiger partial charge is 0.422 e. The molecule has 2 aromatic rings. The second-order valence-corrected chi connectivity index (χ2v) is 5.06. The van der Waals surface area contributed by atoms with Gasteiger partial charge in [0.1, 0.15) is 5.56 Å². The molecule has 0 fully saturated rings. The number of nitrogens with zero attached hydrogens (tertiary/aromatic N) is 1. The SMILES string of the molecule is O=C(NNC(=O)c1cccnc1OCC(F)(F)F)c1ccccc1Cl. The van der Waals surface area contributed by atoms with Gasteiger partial charge >= 0.3 is 6.18 Å². The number of aromatic nitrogens is 1. The molecule has 0 spiro atoms. The minimum absolute atomic E-state index is 0.115. The molecule has 0 saturated heterocycles. The van der Waals surface area contributed by atoms with Crippen molar-refractivity contribution in [1.29, 1.82) is 0 Å². The second kappa shape index (κ2) is 7.84. The summed E-state index contributed by atoms with van der Waals surface area (Å²) in [5, 5.41) is 0.171. The van der Waals surface area contributed by atoms with Crippen LogP contribution in [0.2, 0.25) is 5.02 Å². The Bertz CT molecular complexity index is 784. The number of amides is 2. The van der Waals surface area contributed by atoms with Crippen LogP contribution in [0.15, 0.2) is 42.6 Å². The summed E-state index contributed by atoms with van der Waals surface area (Å²) in [7, 11) is 0. The number of halogens is 4. The molecule has 1 aromatic carbocycles. The summed E-state index contributed by atoms with van der Waals surface area (Å²) in [4.78, 5) is 27.6. The Hall–Kier alpha value is -2.81. The van der Waals surface area contributed by atoms with Gasteiger partial charge in [-0.1, -0.05) is 23.7 Å². The number of rotatable bonds is 4. The molecule has 1 heterocycles. The van der Waals surface area contributed by atoms with Crippen LogP contribution in [0.5, 0.6) is 5.88 Å². The largest absolute Gasteiger partial charge is 0.467 e. The summed E-state index contributed by atoms with van der Waals surface area (Å²) in [6.07, 6.45) is -3.41. The number of pyridine rings is 1. The molecule has 1 aromatic heterocycles. The van der Waals surface area contributed by atoms with Crippen molar-refractivity contribution in [1.82, 2.24) is 15.8 Å². The quantitative estimate of drug-likeness (QED) is 0.808. The number of alkyl halides is 3. The molecule has 6 nitrogen and oxygen atoms in total. The van der Waals surface area contributed by atoms with E-state index in [2.05, 4.69) is 20.6 Å². The fourth-order valence-corrected chi connectivity index (χ4v) is 1.94. The van der Waals surface area contributed by atoms with Gasteiger partial charge in [-0.05, 0) is 24.3 Å². The lowest BCUT2D eigenvalue weighted by Gasteiger charge is -2.12. The Morgan fingerprint density at radius 3 is 2.28 bits per heavy atom. The second-order valence-electron chi connectivity index (χ2n) is 4.65. The van der Waals surface area contributed by atoms with E-state index in [9.17, 15) is 22.8 Å². The number of benzene rings is 1. The third-order valence-electron chi connectivity index (χ3n) is 2.80. The lowest BCUT2D eigenvalue weighted by atomic mass is 10.2.